The molecule has 0 saturated carbocycles. The van der Waals surface area contributed by atoms with E-state index in [2.05, 4.69) is 5.10 Å². The molecule has 7 heteroatoms. The first-order valence-electron chi connectivity index (χ1n) is 9.75. The molecule has 150 valence electrons. The van der Waals surface area contributed by atoms with Crippen molar-refractivity contribution in [3.63, 3.8) is 0 Å². The SMILES string of the molecule is CCOC(=O)[C@@H]1CCCN(C(=O)c2cc(-c3cccc(OC)c3)nn2CC)C1. The summed E-state index contributed by atoms with van der Waals surface area (Å²) in [7, 11) is 1.62. The third kappa shape index (κ3) is 4.18. The molecular formula is C21H27N3O4. The number of nitrogens with zero attached hydrogens (tertiary/aromatic N) is 3. The van der Waals surface area contributed by atoms with Gasteiger partial charge in [0.1, 0.15) is 11.4 Å². The summed E-state index contributed by atoms with van der Waals surface area (Å²) < 4.78 is 12.1. The fourth-order valence-electron chi connectivity index (χ4n) is 3.53. The van der Waals surface area contributed by atoms with Crippen molar-refractivity contribution in [3.05, 3.63) is 36.0 Å². The molecule has 1 aromatic heterocycles. The number of carbonyl (C=O) groups is 2. The Kier molecular flexibility index (Phi) is 6.34. The summed E-state index contributed by atoms with van der Waals surface area (Å²) in [5, 5.41) is 4.60. The maximum atomic E-state index is 13.2. The number of piperidine rings is 1. The number of methoxy groups -OCH3 is 1. The Labute approximate surface area is 165 Å². The van der Waals surface area contributed by atoms with Crippen molar-refractivity contribution in [2.45, 2.75) is 33.2 Å². The highest BCUT2D eigenvalue weighted by Gasteiger charge is 2.31. The lowest BCUT2D eigenvalue weighted by atomic mass is 9.98. The van der Waals surface area contributed by atoms with E-state index in [0.29, 0.717) is 31.9 Å². The van der Waals surface area contributed by atoms with E-state index in [1.165, 1.54) is 0 Å². The van der Waals surface area contributed by atoms with Crippen LogP contribution in [-0.4, -0.2) is 53.4 Å². The number of carbonyl (C=O) groups excluding carboxylic acids is 2. The van der Waals surface area contributed by atoms with E-state index >= 15 is 0 Å². The number of likely N-dealkylation sites (tertiary alicyclic amines) is 1. The van der Waals surface area contributed by atoms with Crippen molar-refractivity contribution in [2.75, 3.05) is 26.8 Å². The number of amides is 1. The smallest absolute Gasteiger partial charge is 0.310 e. The third-order valence-corrected chi connectivity index (χ3v) is 4.99. The average molecular weight is 385 g/mol. The summed E-state index contributed by atoms with van der Waals surface area (Å²) in [4.78, 5) is 27.0. The second-order valence-corrected chi connectivity index (χ2v) is 6.80. The van der Waals surface area contributed by atoms with Gasteiger partial charge in [0.15, 0.2) is 0 Å². The molecule has 0 aliphatic carbocycles. The molecule has 7 nitrogen and oxygen atoms in total. The van der Waals surface area contributed by atoms with Crippen LogP contribution in [0.15, 0.2) is 30.3 Å². The molecular weight excluding hydrogens is 358 g/mol. The Bertz CT molecular complexity index is 846. The molecule has 1 amide bonds. The molecule has 0 N–H and O–H groups in total. The fraction of sp³-hybridized carbons (Fsp3) is 0.476. The zero-order chi connectivity index (χ0) is 20.1. The van der Waals surface area contributed by atoms with E-state index in [9.17, 15) is 9.59 Å². The Hall–Kier alpha value is -2.83. The Morgan fingerprint density at radius 3 is 2.79 bits per heavy atom. The highest BCUT2D eigenvalue weighted by Crippen LogP contribution is 2.25. The first-order valence-corrected chi connectivity index (χ1v) is 9.75. The van der Waals surface area contributed by atoms with Crippen LogP contribution >= 0.6 is 0 Å². The van der Waals surface area contributed by atoms with Crippen LogP contribution in [0.4, 0.5) is 0 Å². The van der Waals surface area contributed by atoms with E-state index in [1.54, 1.807) is 23.6 Å². The van der Waals surface area contributed by atoms with Gasteiger partial charge in [0.05, 0.1) is 25.3 Å². The number of aromatic nitrogens is 2. The van der Waals surface area contributed by atoms with Crippen LogP contribution in [0.1, 0.15) is 37.2 Å². The second-order valence-electron chi connectivity index (χ2n) is 6.80. The van der Waals surface area contributed by atoms with Crippen LogP contribution < -0.4 is 4.74 Å². The van der Waals surface area contributed by atoms with Crippen LogP contribution in [0.2, 0.25) is 0 Å². The van der Waals surface area contributed by atoms with Crippen LogP contribution in [0.5, 0.6) is 5.75 Å². The lowest BCUT2D eigenvalue weighted by Crippen LogP contribution is -2.43. The van der Waals surface area contributed by atoms with Gasteiger partial charge in [0.2, 0.25) is 0 Å². The van der Waals surface area contributed by atoms with E-state index in [0.717, 1.165) is 29.8 Å². The topological polar surface area (TPSA) is 73.7 Å². The van der Waals surface area contributed by atoms with Crippen molar-refractivity contribution >= 4 is 11.9 Å². The predicted molar refractivity (Wildman–Crippen MR) is 105 cm³/mol. The molecule has 1 fully saturated rings. The summed E-state index contributed by atoms with van der Waals surface area (Å²) in [6.07, 6.45) is 1.54. The van der Waals surface area contributed by atoms with Gasteiger partial charge in [-0.1, -0.05) is 12.1 Å². The van der Waals surface area contributed by atoms with Gasteiger partial charge in [-0.3, -0.25) is 14.3 Å². The highest BCUT2D eigenvalue weighted by molar-refractivity contribution is 5.94. The zero-order valence-electron chi connectivity index (χ0n) is 16.7. The monoisotopic (exact) mass is 385 g/mol. The summed E-state index contributed by atoms with van der Waals surface area (Å²) >= 11 is 0. The van der Waals surface area contributed by atoms with Crippen molar-refractivity contribution in [2.24, 2.45) is 5.92 Å². The quantitative estimate of drug-likeness (QED) is 0.715. The van der Waals surface area contributed by atoms with Gasteiger partial charge in [-0.15, -0.1) is 0 Å². The maximum absolute atomic E-state index is 13.2. The number of ether oxygens (including phenoxy) is 2. The second kappa shape index (κ2) is 8.91. The van der Waals surface area contributed by atoms with Crippen LogP contribution in [0, 0.1) is 5.92 Å². The van der Waals surface area contributed by atoms with Crippen molar-refractivity contribution in [3.8, 4) is 17.0 Å². The lowest BCUT2D eigenvalue weighted by Gasteiger charge is -2.31. The van der Waals surface area contributed by atoms with Crippen LogP contribution in [0.3, 0.4) is 0 Å². The number of hydrogen-bond acceptors (Lipinski definition) is 5. The van der Waals surface area contributed by atoms with Crippen LogP contribution in [0.25, 0.3) is 11.3 Å². The largest absolute Gasteiger partial charge is 0.497 e. The van der Waals surface area contributed by atoms with Gasteiger partial charge >= 0.3 is 5.97 Å². The summed E-state index contributed by atoms with van der Waals surface area (Å²) in [6, 6.07) is 9.42. The standard InChI is InChI=1S/C21H27N3O4/c1-4-24-19(13-18(22-24)15-8-6-10-17(12-15)27-3)20(25)23-11-7-9-16(14-23)21(26)28-5-2/h6,8,10,12-13,16H,4-5,7,9,11,14H2,1-3H3/t16-/m1/s1. The maximum Gasteiger partial charge on any atom is 0.310 e. The Morgan fingerprint density at radius 2 is 2.07 bits per heavy atom. The molecule has 1 aromatic carbocycles. The van der Waals surface area contributed by atoms with E-state index in [4.69, 9.17) is 9.47 Å². The van der Waals surface area contributed by atoms with Gasteiger partial charge in [0, 0.05) is 25.2 Å². The van der Waals surface area contributed by atoms with Crippen molar-refractivity contribution < 1.29 is 19.1 Å². The number of rotatable bonds is 6. The van der Waals surface area contributed by atoms with Gasteiger partial charge in [-0.25, -0.2) is 0 Å². The molecule has 2 aromatic rings. The zero-order valence-corrected chi connectivity index (χ0v) is 16.7. The Morgan fingerprint density at radius 1 is 1.25 bits per heavy atom. The summed E-state index contributed by atoms with van der Waals surface area (Å²) in [6.45, 7) is 5.72. The van der Waals surface area contributed by atoms with Crippen LogP contribution in [-0.2, 0) is 16.1 Å². The van der Waals surface area contributed by atoms with Gasteiger partial charge in [-0.05, 0) is 44.9 Å². The average Bonchev–Trinajstić information content (AvgIpc) is 3.18. The number of benzene rings is 1. The minimum Gasteiger partial charge on any atom is -0.497 e. The molecule has 1 aliphatic heterocycles. The molecule has 1 atom stereocenters. The number of esters is 1. The highest BCUT2D eigenvalue weighted by atomic mass is 16.5. The van der Waals surface area contributed by atoms with E-state index in [-0.39, 0.29) is 17.8 Å². The van der Waals surface area contributed by atoms with Crippen molar-refractivity contribution in [1.82, 2.24) is 14.7 Å². The molecule has 0 spiro atoms. The molecule has 3 rings (SSSR count). The minimum absolute atomic E-state index is 0.0995. The van der Waals surface area contributed by atoms with E-state index in [1.807, 2.05) is 37.3 Å². The normalized spacial score (nSPS) is 16.7. The minimum atomic E-state index is -0.256. The van der Waals surface area contributed by atoms with Gasteiger partial charge in [-0.2, -0.15) is 5.10 Å². The number of hydrogen-bond donors (Lipinski definition) is 0. The first-order chi connectivity index (χ1) is 13.6. The van der Waals surface area contributed by atoms with Gasteiger partial charge in [0.25, 0.3) is 5.91 Å². The molecule has 1 saturated heterocycles. The fourth-order valence-corrected chi connectivity index (χ4v) is 3.53. The molecule has 1 aliphatic rings. The Balaban J connectivity index is 1.83. The molecule has 0 bridgehead atoms. The molecule has 0 unspecified atom stereocenters. The predicted octanol–water partition coefficient (Wildman–Crippen LogP) is 2.99. The molecule has 0 radical (unpaired) electrons. The van der Waals surface area contributed by atoms with E-state index < -0.39 is 0 Å². The summed E-state index contributed by atoms with van der Waals surface area (Å²) in [5.41, 5.74) is 2.15. The van der Waals surface area contributed by atoms with Gasteiger partial charge < -0.3 is 14.4 Å². The first kappa shape index (κ1) is 19.9. The molecule has 2 heterocycles. The summed E-state index contributed by atoms with van der Waals surface area (Å²) in [5.74, 6) is 0.164. The molecule has 28 heavy (non-hydrogen) atoms. The third-order valence-electron chi connectivity index (χ3n) is 4.99. The van der Waals surface area contributed by atoms with Crippen molar-refractivity contribution in [1.29, 1.82) is 0 Å². The lowest BCUT2D eigenvalue weighted by molar-refractivity contribution is -0.149. The number of aryl methyl sites for hydroxylation is 1.